The number of hydrogen-bond acceptors (Lipinski definition) is 8. The molecule has 10 nitrogen and oxygen atoms in total. The molecule has 0 saturated carbocycles. The molecule has 5 heterocycles. The number of anilines is 3. The van der Waals surface area contributed by atoms with Crippen LogP contribution in [-0.2, 0) is 0 Å². The summed E-state index contributed by atoms with van der Waals surface area (Å²) in [6, 6.07) is 1.09. The first-order chi connectivity index (χ1) is 37.2. The summed E-state index contributed by atoms with van der Waals surface area (Å²) in [4.78, 5) is 13.5. The normalized spacial score (nSPS) is 15.3. The number of benzene rings is 3. The quantitative estimate of drug-likeness (QED) is 0.0305. The van der Waals surface area contributed by atoms with Gasteiger partial charge in [-0.3, -0.25) is 0 Å². The third-order valence-electron chi connectivity index (χ3n) is 12.7. The number of aliphatic hydroxyl groups is 2. The van der Waals surface area contributed by atoms with Crippen molar-refractivity contribution in [3.05, 3.63) is 140 Å². The van der Waals surface area contributed by atoms with Gasteiger partial charge in [-0.25, -0.2) is 80.2 Å². The van der Waals surface area contributed by atoms with Gasteiger partial charge in [-0.1, -0.05) is 0 Å². The number of aromatic amines is 2. The van der Waals surface area contributed by atoms with Crippen LogP contribution in [0.5, 0.6) is 0 Å². The Morgan fingerprint density at radius 1 is 0.449 bits per heavy atom. The maximum absolute atomic E-state index is 16.7. The summed E-state index contributed by atoms with van der Waals surface area (Å²) >= 11 is 0. The summed E-state index contributed by atoms with van der Waals surface area (Å²) in [6.07, 6.45) is 0.0694. The first-order valence-corrected chi connectivity index (χ1v) is 23.2. The summed E-state index contributed by atoms with van der Waals surface area (Å²) in [6.45, 7) is -1.36. The van der Waals surface area contributed by atoms with E-state index in [2.05, 4.69) is 35.9 Å². The van der Waals surface area contributed by atoms with Crippen LogP contribution in [-0.4, -0.2) is 82.3 Å². The van der Waals surface area contributed by atoms with Crippen molar-refractivity contribution >= 4 is 69.0 Å². The van der Waals surface area contributed by atoms with Gasteiger partial charge in [-0.2, -0.15) is 0 Å². The average Bonchev–Trinajstić information content (AvgIpc) is 4.45. The fraction of sp³-hybridized carbons (Fsp3) is 0.192. The Morgan fingerprint density at radius 2 is 0.795 bits per heavy atom. The van der Waals surface area contributed by atoms with Crippen molar-refractivity contribution in [3.8, 4) is 33.4 Å². The molecule has 1 aliphatic carbocycles. The van der Waals surface area contributed by atoms with Gasteiger partial charge in [-0.15, -0.1) is 0 Å². The van der Waals surface area contributed by atoms with Crippen LogP contribution in [0.3, 0.4) is 0 Å². The number of allylic oxidation sites excluding steroid dienone is 2. The Balaban J connectivity index is 1.54. The van der Waals surface area contributed by atoms with E-state index in [1.165, 1.54) is 6.92 Å². The fourth-order valence-electron chi connectivity index (χ4n) is 9.20. The van der Waals surface area contributed by atoms with E-state index in [-0.39, 0.29) is 13.0 Å². The van der Waals surface area contributed by atoms with Crippen molar-refractivity contribution in [2.75, 3.05) is 55.8 Å². The summed E-state index contributed by atoms with van der Waals surface area (Å²) in [5.74, 6) is -31.3. The van der Waals surface area contributed by atoms with Crippen LogP contribution >= 0.6 is 0 Å². The van der Waals surface area contributed by atoms with Gasteiger partial charge in [0.25, 0.3) is 0 Å². The van der Waals surface area contributed by atoms with Crippen molar-refractivity contribution < 1.29 is 80.5 Å². The molecule has 0 amide bonds. The Labute approximate surface area is 428 Å². The van der Waals surface area contributed by atoms with Gasteiger partial charge in [0.15, 0.2) is 87.6 Å². The number of aromatic nitrogens is 4. The molecule has 408 valence electrons. The number of nitrogens with zero attached hydrogens (tertiary/aromatic N) is 2. The average molecular weight is 1110 g/mol. The molecule has 2 aliphatic heterocycles. The van der Waals surface area contributed by atoms with E-state index >= 15 is 70.2 Å². The second-order valence-corrected chi connectivity index (χ2v) is 17.3. The molecule has 3 aromatic carbocycles. The van der Waals surface area contributed by atoms with Gasteiger partial charge in [0.05, 0.1) is 51.6 Å². The number of alkyl halides is 1. The lowest BCUT2D eigenvalue weighted by molar-refractivity contribution is 0.247. The highest BCUT2D eigenvalue weighted by atomic mass is 19.2. The number of aliphatic hydroxyl groups excluding tert-OH is 2. The minimum Gasteiger partial charge on any atom is -0.396 e. The Hall–Kier alpha value is -8.10. The van der Waals surface area contributed by atoms with Crippen LogP contribution in [0.1, 0.15) is 41.7 Å². The number of nitrogens with one attached hydrogen (secondary N) is 6. The number of hydrogen-bond donors (Lipinski definition) is 8. The molecule has 3 aliphatic rings. The molecule has 0 spiro atoms. The Bertz CT molecular complexity index is 3730. The van der Waals surface area contributed by atoms with Gasteiger partial charge in [0, 0.05) is 70.6 Å². The highest BCUT2D eigenvalue weighted by Gasteiger charge is 2.41. The van der Waals surface area contributed by atoms with E-state index in [0.717, 1.165) is 55.6 Å². The van der Waals surface area contributed by atoms with Gasteiger partial charge in [-0.05, 0) is 69.0 Å². The smallest absolute Gasteiger partial charge is 0.185 e. The van der Waals surface area contributed by atoms with Crippen LogP contribution in [0, 0.1) is 69.8 Å². The topological polar surface area (TPSA) is 146 Å². The summed E-state index contributed by atoms with van der Waals surface area (Å²) < 4.78 is 260. The third-order valence-corrected chi connectivity index (χ3v) is 12.7. The van der Waals surface area contributed by atoms with Gasteiger partial charge >= 0.3 is 0 Å². The second-order valence-electron chi connectivity index (χ2n) is 17.3. The van der Waals surface area contributed by atoms with Crippen LogP contribution in [0.4, 0.5) is 87.3 Å². The van der Waals surface area contributed by atoms with E-state index in [1.807, 2.05) is 5.32 Å². The molecular weight excluding hydrogens is 1070 g/mol. The molecule has 2 atom stereocenters. The molecule has 0 fully saturated rings. The van der Waals surface area contributed by atoms with E-state index < -0.39 is 232 Å². The summed E-state index contributed by atoms with van der Waals surface area (Å²) in [5, 5.41) is 26.8. The molecule has 9 rings (SSSR count). The second kappa shape index (κ2) is 21.4. The highest BCUT2D eigenvalue weighted by Crippen LogP contribution is 2.47. The minimum absolute atomic E-state index is 0.171. The SMILES string of the molecule is CCNc1c(F)c(F)c(-c2c3nc(c(-c4c(F)c(F)c(NCCO)c(F)c4F)c4ccc([nH]4)c(C4=C(F)C(F)C(NC)C(F)=C4F)c4nc(c(-c5c(F)c(F)c(NCCCO)c(F)c5F)c5ccc2[nH]5)C=C4)C=C3)c(F)c1F. The molecular formula is C52H36F16N8O2. The van der Waals surface area contributed by atoms with Crippen LogP contribution in [0.15, 0.2) is 41.7 Å². The van der Waals surface area contributed by atoms with Gasteiger partial charge < -0.3 is 41.4 Å². The lowest BCUT2D eigenvalue weighted by Crippen LogP contribution is -2.39. The first kappa shape index (κ1) is 54.7. The fourth-order valence-corrected chi connectivity index (χ4v) is 9.20. The van der Waals surface area contributed by atoms with E-state index in [1.54, 1.807) is 0 Å². The van der Waals surface area contributed by atoms with E-state index in [4.69, 9.17) is 0 Å². The predicted octanol–water partition coefficient (Wildman–Crippen LogP) is 12.7. The molecule has 3 aromatic heterocycles. The molecule has 0 radical (unpaired) electrons. The monoisotopic (exact) mass is 1110 g/mol. The molecule has 6 aromatic rings. The van der Waals surface area contributed by atoms with E-state index in [9.17, 15) is 10.2 Å². The molecule has 0 saturated heterocycles. The first-order valence-electron chi connectivity index (χ1n) is 23.2. The zero-order chi connectivity index (χ0) is 56.3. The summed E-state index contributed by atoms with van der Waals surface area (Å²) in [7, 11) is 0.958. The minimum atomic E-state index is -3.01. The van der Waals surface area contributed by atoms with Crippen molar-refractivity contribution in [1.29, 1.82) is 0 Å². The van der Waals surface area contributed by atoms with E-state index in [0.29, 0.717) is 0 Å². The molecule has 8 bridgehead atoms. The van der Waals surface area contributed by atoms with Crippen molar-refractivity contribution in [3.63, 3.8) is 0 Å². The van der Waals surface area contributed by atoms with Gasteiger partial charge in [0.1, 0.15) is 28.9 Å². The Kier molecular flexibility index (Phi) is 15.0. The van der Waals surface area contributed by atoms with Crippen molar-refractivity contribution in [2.24, 2.45) is 0 Å². The molecule has 78 heavy (non-hydrogen) atoms. The zero-order valence-corrected chi connectivity index (χ0v) is 39.9. The predicted molar refractivity (Wildman–Crippen MR) is 260 cm³/mol. The zero-order valence-electron chi connectivity index (χ0n) is 39.9. The summed E-state index contributed by atoms with van der Waals surface area (Å²) in [5.41, 5.74) is -20.6. The number of rotatable bonds is 14. The van der Waals surface area contributed by atoms with Crippen LogP contribution in [0.25, 0.3) is 85.3 Å². The number of likely N-dealkylation sites (N-methyl/N-ethyl adjacent to an activating group) is 1. The standard InChI is InChI=1S/C52H36F16N8O2/c1-3-70-50-43(63)35(55)30(36(56)44(50)64)26-19-9-11-22(75-19)27(31-37(57)45(65)51(46(66)38(31)58)71-13-4-15-77)21-7-5-17(73-21)25(29-33(53)41(61)49(69-2)42(62)34(29)54)18-6-8-23(74-18)28(24-12-10-20(26)76-24)32-39(59)47(67)52(72-14-16-78)48(68)40(32)60/h5-12,41,49,69-72,74-75,77-78H,3-4,13-16H2,1-2H3. The lowest BCUT2D eigenvalue weighted by atomic mass is 9.91. The maximum atomic E-state index is 16.7. The van der Waals surface area contributed by atoms with Crippen molar-refractivity contribution in [1.82, 2.24) is 25.3 Å². The number of halogens is 16. The van der Waals surface area contributed by atoms with Gasteiger partial charge in [0.2, 0.25) is 0 Å². The molecule has 26 heteroatoms. The number of fused-ring (bicyclic) bond motifs is 8. The maximum Gasteiger partial charge on any atom is 0.185 e. The van der Waals surface area contributed by atoms with Crippen LogP contribution in [0.2, 0.25) is 0 Å². The Morgan fingerprint density at radius 3 is 1.14 bits per heavy atom. The largest absolute Gasteiger partial charge is 0.396 e. The molecule has 2 unspecified atom stereocenters. The lowest BCUT2D eigenvalue weighted by Gasteiger charge is -2.25. The molecule has 8 N–H and O–H groups in total. The van der Waals surface area contributed by atoms with Crippen LogP contribution < -0.4 is 21.3 Å². The highest BCUT2D eigenvalue weighted by molar-refractivity contribution is 6.01. The number of H-pyrrole nitrogens is 2. The third kappa shape index (κ3) is 8.79. The van der Waals surface area contributed by atoms with Crippen molar-refractivity contribution in [2.45, 2.75) is 25.6 Å².